The van der Waals surface area contributed by atoms with E-state index in [1.54, 1.807) is 6.07 Å². The molecule has 0 saturated carbocycles. The van der Waals surface area contributed by atoms with Crippen molar-refractivity contribution in [2.45, 2.75) is 26.6 Å². The Labute approximate surface area is 114 Å². The summed E-state index contributed by atoms with van der Waals surface area (Å²) in [6.45, 7) is 5.44. The van der Waals surface area contributed by atoms with Crippen LogP contribution in [0.15, 0.2) is 54.6 Å². The van der Waals surface area contributed by atoms with Crippen LogP contribution in [0.4, 0.5) is 0 Å². The van der Waals surface area contributed by atoms with Crippen LogP contribution in [-0.2, 0) is 5.79 Å². The Morgan fingerprint density at radius 2 is 1.26 bits per heavy atom. The number of hydrogen-bond acceptors (Lipinski definition) is 2. The highest BCUT2D eigenvalue weighted by molar-refractivity contribution is 5.68. The van der Waals surface area contributed by atoms with Crippen LogP contribution in [0.5, 0.6) is 0 Å². The molecule has 0 saturated heterocycles. The van der Waals surface area contributed by atoms with E-state index < -0.39 is 11.2 Å². The van der Waals surface area contributed by atoms with E-state index in [-0.39, 0.29) is 0 Å². The van der Waals surface area contributed by atoms with Gasteiger partial charge in [0.25, 0.3) is 0 Å². The van der Waals surface area contributed by atoms with Gasteiger partial charge in [-0.15, -0.1) is 0 Å². The first-order valence-corrected chi connectivity index (χ1v) is 6.44. The molecule has 0 heterocycles. The van der Waals surface area contributed by atoms with Gasteiger partial charge in [-0.25, -0.2) is 0 Å². The Morgan fingerprint density at radius 1 is 0.737 bits per heavy atom. The average molecular weight is 256 g/mol. The van der Waals surface area contributed by atoms with Crippen molar-refractivity contribution in [1.29, 1.82) is 0 Å². The van der Waals surface area contributed by atoms with E-state index in [9.17, 15) is 10.2 Å². The summed E-state index contributed by atoms with van der Waals surface area (Å²) in [4.78, 5) is 0. The van der Waals surface area contributed by atoms with Gasteiger partial charge >= 0.3 is 0 Å². The van der Waals surface area contributed by atoms with E-state index in [4.69, 9.17) is 0 Å². The first kappa shape index (κ1) is 13.8. The van der Waals surface area contributed by atoms with E-state index in [1.165, 1.54) is 0 Å². The summed E-state index contributed by atoms with van der Waals surface area (Å²) < 4.78 is 0. The van der Waals surface area contributed by atoms with Gasteiger partial charge in [0, 0.05) is 11.0 Å². The first-order chi connectivity index (χ1) is 8.84. The summed E-state index contributed by atoms with van der Waals surface area (Å²) in [6.07, 6.45) is 0. The second-order valence-corrected chi connectivity index (χ2v) is 5.83. The molecule has 0 aliphatic heterocycles. The van der Waals surface area contributed by atoms with Crippen LogP contribution in [-0.4, -0.2) is 10.2 Å². The summed E-state index contributed by atoms with van der Waals surface area (Å²) in [5.41, 5.74) is 1.70. The minimum atomic E-state index is -1.88. The predicted octanol–water partition coefficient (Wildman–Crippen LogP) is 3.54. The topological polar surface area (TPSA) is 40.5 Å². The zero-order valence-corrected chi connectivity index (χ0v) is 11.6. The third-order valence-corrected chi connectivity index (χ3v) is 3.43. The van der Waals surface area contributed by atoms with Crippen LogP contribution < -0.4 is 0 Å². The highest BCUT2D eigenvalue weighted by atomic mass is 16.5. The molecular formula is C17H20O2. The van der Waals surface area contributed by atoms with Crippen molar-refractivity contribution in [2.75, 3.05) is 0 Å². The summed E-state index contributed by atoms with van der Waals surface area (Å²) in [5, 5.41) is 21.0. The number of benzene rings is 2. The molecular weight excluding hydrogens is 236 g/mol. The molecule has 0 aliphatic rings. The highest BCUT2D eigenvalue weighted by Crippen LogP contribution is 2.41. The molecule has 0 unspecified atom stereocenters. The molecule has 19 heavy (non-hydrogen) atoms. The summed E-state index contributed by atoms with van der Waals surface area (Å²) in [6, 6.07) is 17.2. The lowest BCUT2D eigenvalue weighted by molar-refractivity contribution is -0.237. The number of aliphatic hydroxyl groups is 2. The summed E-state index contributed by atoms with van der Waals surface area (Å²) in [5.74, 6) is -1.88. The van der Waals surface area contributed by atoms with Crippen LogP contribution in [0.25, 0.3) is 11.1 Å². The SMILES string of the molecule is CC(C)(C)C(O)(O)c1ccccc1-c1ccccc1. The van der Waals surface area contributed by atoms with Crippen molar-refractivity contribution in [2.24, 2.45) is 5.41 Å². The largest absolute Gasteiger partial charge is 0.361 e. The van der Waals surface area contributed by atoms with Crippen molar-refractivity contribution < 1.29 is 10.2 Å². The van der Waals surface area contributed by atoms with Gasteiger partial charge in [0.1, 0.15) is 0 Å². The molecule has 0 amide bonds. The maximum atomic E-state index is 10.5. The van der Waals surface area contributed by atoms with Crippen molar-refractivity contribution in [1.82, 2.24) is 0 Å². The minimum absolute atomic E-state index is 0.536. The maximum Gasteiger partial charge on any atom is 0.195 e. The molecule has 0 atom stereocenters. The van der Waals surface area contributed by atoms with Gasteiger partial charge in [-0.2, -0.15) is 0 Å². The molecule has 2 nitrogen and oxygen atoms in total. The molecule has 0 aliphatic carbocycles. The van der Waals surface area contributed by atoms with Gasteiger partial charge in [0.05, 0.1) is 0 Å². The van der Waals surface area contributed by atoms with Gasteiger partial charge in [-0.05, 0) is 11.1 Å². The van der Waals surface area contributed by atoms with Crippen LogP contribution in [0.1, 0.15) is 26.3 Å². The number of rotatable bonds is 2. The quantitative estimate of drug-likeness (QED) is 0.807. The van der Waals surface area contributed by atoms with Crippen LogP contribution >= 0.6 is 0 Å². The fourth-order valence-corrected chi connectivity index (χ4v) is 2.06. The molecule has 0 fully saturated rings. The lowest BCUT2D eigenvalue weighted by Gasteiger charge is -2.36. The monoisotopic (exact) mass is 256 g/mol. The minimum Gasteiger partial charge on any atom is -0.361 e. The van der Waals surface area contributed by atoms with Crippen molar-refractivity contribution in [3.8, 4) is 11.1 Å². The third kappa shape index (κ3) is 2.55. The van der Waals surface area contributed by atoms with Crippen molar-refractivity contribution >= 4 is 0 Å². The Balaban J connectivity index is 2.61. The van der Waals surface area contributed by atoms with Gasteiger partial charge in [-0.1, -0.05) is 75.4 Å². The van der Waals surface area contributed by atoms with Crippen LogP contribution in [0.3, 0.4) is 0 Å². The Hall–Kier alpha value is -1.64. The van der Waals surface area contributed by atoms with Crippen molar-refractivity contribution in [3.05, 3.63) is 60.2 Å². The fraction of sp³-hybridized carbons (Fsp3) is 0.294. The van der Waals surface area contributed by atoms with Crippen LogP contribution in [0, 0.1) is 5.41 Å². The molecule has 2 heteroatoms. The smallest absolute Gasteiger partial charge is 0.195 e. The Kier molecular flexibility index (Phi) is 3.48. The van der Waals surface area contributed by atoms with Gasteiger partial charge in [0.2, 0.25) is 0 Å². The zero-order chi connectivity index (χ0) is 14.1. The zero-order valence-electron chi connectivity index (χ0n) is 11.6. The summed E-state index contributed by atoms with van der Waals surface area (Å²) >= 11 is 0. The molecule has 2 aromatic carbocycles. The van der Waals surface area contributed by atoms with Gasteiger partial charge < -0.3 is 10.2 Å². The Bertz CT molecular complexity index is 551. The molecule has 2 rings (SSSR count). The van der Waals surface area contributed by atoms with E-state index in [2.05, 4.69) is 0 Å². The van der Waals surface area contributed by atoms with E-state index in [0.29, 0.717) is 5.56 Å². The average Bonchev–Trinajstić information content (AvgIpc) is 2.38. The standard InChI is InChI=1S/C17H20O2/c1-16(2,3)17(18,19)15-12-8-7-11-14(15)13-9-5-4-6-10-13/h4-12,18-19H,1-3H3. The molecule has 2 N–H and O–H groups in total. The lowest BCUT2D eigenvalue weighted by Crippen LogP contribution is -2.40. The molecule has 0 aromatic heterocycles. The first-order valence-electron chi connectivity index (χ1n) is 6.44. The highest BCUT2D eigenvalue weighted by Gasteiger charge is 2.41. The number of hydrogen-bond donors (Lipinski definition) is 2. The maximum absolute atomic E-state index is 10.5. The third-order valence-electron chi connectivity index (χ3n) is 3.43. The molecule has 2 aromatic rings. The second kappa shape index (κ2) is 4.80. The van der Waals surface area contributed by atoms with Crippen molar-refractivity contribution in [3.63, 3.8) is 0 Å². The van der Waals surface area contributed by atoms with Crippen LogP contribution in [0.2, 0.25) is 0 Å². The van der Waals surface area contributed by atoms with E-state index >= 15 is 0 Å². The molecule has 0 bridgehead atoms. The fourth-order valence-electron chi connectivity index (χ4n) is 2.06. The van der Waals surface area contributed by atoms with E-state index in [0.717, 1.165) is 11.1 Å². The molecule has 100 valence electrons. The molecule has 0 radical (unpaired) electrons. The lowest BCUT2D eigenvalue weighted by atomic mass is 9.78. The predicted molar refractivity (Wildman–Crippen MR) is 77.4 cm³/mol. The molecule has 0 spiro atoms. The Morgan fingerprint density at radius 3 is 1.84 bits per heavy atom. The van der Waals surface area contributed by atoms with Gasteiger partial charge in [-0.3, -0.25) is 0 Å². The normalized spacial score (nSPS) is 12.5. The van der Waals surface area contributed by atoms with E-state index in [1.807, 2.05) is 69.3 Å². The summed E-state index contributed by atoms with van der Waals surface area (Å²) in [7, 11) is 0. The van der Waals surface area contributed by atoms with Gasteiger partial charge in [0.15, 0.2) is 5.79 Å². The second-order valence-electron chi connectivity index (χ2n) is 5.83.